The van der Waals surface area contributed by atoms with Crippen LogP contribution in [0.3, 0.4) is 0 Å². The van der Waals surface area contributed by atoms with Gasteiger partial charge in [-0.25, -0.2) is 9.78 Å². The summed E-state index contributed by atoms with van der Waals surface area (Å²) < 4.78 is 1.68. The second kappa shape index (κ2) is 4.52. The summed E-state index contributed by atoms with van der Waals surface area (Å²) in [5.41, 5.74) is 1.98. The fraction of sp³-hybridized carbons (Fsp3) is 0.308. The second-order valence-electron chi connectivity index (χ2n) is 4.82. The summed E-state index contributed by atoms with van der Waals surface area (Å²) in [5.74, 6) is -1.30. The Balaban J connectivity index is 1.96. The molecule has 3 rings (SSSR count). The normalized spacial score (nSPS) is 17.9. The molecule has 2 N–H and O–H groups in total. The lowest BCUT2D eigenvalue weighted by Gasteiger charge is -2.32. The molecule has 0 fully saturated rings. The number of fused-ring (bicyclic) bond motifs is 1. The number of aryl methyl sites for hydroxylation is 1. The molecule has 0 radical (unpaired) electrons. The van der Waals surface area contributed by atoms with Crippen LogP contribution in [-0.4, -0.2) is 42.5 Å². The molecule has 1 aliphatic rings. The first-order valence-corrected chi connectivity index (χ1v) is 6.24. The van der Waals surface area contributed by atoms with E-state index < -0.39 is 12.0 Å². The van der Waals surface area contributed by atoms with Gasteiger partial charge in [0.2, 0.25) is 0 Å². The Bertz CT molecular complexity index is 673. The topological polar surface area (TPSA) is 91.2 Å². The summed E-state index contributed by atoms with van der Waals surface area (Å²) in [6.45, 7) is 0.232. The minimum atomic E-state index is -1.01. The average Bonchev–Trinajstić information content (AvgIpc) is 3.04. The highest BCUT2D eigenvalue weighted by molar-refractivity contribution is 5.95. The standard InChI is InChI=1S/C13H14N4O3/c1-16-4-2-3-10(16)12(18)17-6-9-8(14-7-15-9)5-11(17)13(19)20/h2-4,7,11H,5-6H2,1H3,(H,14,15)(H,19,20). The van der Waals surface area contributed by atoms with Crippen molar-refractivity contribution in [2.24, 2.45) is 7.05 Å². The zero-order chi connectivity index (χ0) is 14.3. The van der Waals surface area contributed by atoms with Crippen molar-refractivity contribution >= 4 is 11.9 Å². The summed E-state index contributed by atoms with van der Waals surface area (Å²) >= 11 is 0. The second-order valence-corrected chi connectivity index (χ2v) is 4.82. The molecule has 0 aromatic carbocycles. The number of aromatic amines is 1. The summed E-state index contributed by atoms with van der Waals surface area (Å²) in [6, 6.07) is 2.56. The third-order valence-corrected chi connectivity index (χ3v) is 3.61. The smallest absolute Gasteiger partial charge is 0.326 e. The molecule has 2 aromatic rings. The zero-order valence-corrected chi connectivity index (χ0v) is 10.9. The highest BCUT2D eigenvalue weighted by Gasteiger charge is 2.36. The van der Waals surface area contributed by atoms with E-state index in [1.54, 1.807) is 29.9 Å². The van der Waals surface area contributed by atoms with Gasteiger partial charge in [-0.15, -0.1) is 0 Å². The Hall–Kier alpha value is -2.57. The number of carbonyl (C=O) groups excluding carboxylic acids is 1. The molecule has 20 heavy (non-hydrogen) atoms. The van der Waals surface area contributed by atoms with Crippen molar-refractivity contribution in [3.8, 4) is 0 Å². The van der Waals surface area contributed by atoms with Crippen molar-refractivity contribution in [1.29, 1.82) is 0 Å². The van der Waals surface area contributed by atoms with Gasteiger partial charge in [-0.3, -0.25) is 4.79 Å². The van der Waals surface area contributed by atoms with E-state index in [0.717, 1.165) is 5.69 Å². The molecule has 0 saturated carbocycles. The maximum Gasteiger partial charge on any atom is 0.326 e. The fourth-order valence-electron chi connectivity index (χ4n) is 2.50. The summed E-state index contributed by atoms with van der Waals surface area (Å²) in [5, 5.41) is 9.35. The van der Waals surface area contributed by atoms with Crippen LogP contribution in [-0.2, 0) is 24.8 Å². The Morgan fingerprint density at radius 1 is 1.50 bits per heavy atom. The van der Waals surface area contributed by atoms with Crippen molar-refractivity contribution in [2.45, 2.75) is 19.0 Å². The Kier molecular flexibility index (Phi) is 2.81. The van der Waals surface area contributed by atoms with Crippen molar-refractivity contribution in [3.63, 3.8) is 0 Å². The maximum atomic E-state index is 12.5. The molecule has 0 saturated heterocycles. The molecule has 1 amide bonds. The number of carbonyl (C=O) groups is 2. The quantitative estimate of drug-likeness (QED) is 0.829. The fourth-order valence-corrected chi connectivity index (χ4v) is 2.50. The zero-order valence-electron chi connectivity index (χ0n) is 10.9. The lowest BCUT2D eigenvalue weighted by molar-refractivity contribution is -0.142. The van der Waals surface area contributed by atoms with Crippen molar-refractivity contribution < 1.29 is 14.7 Å². The predicted molar refractivity (Wildman–Crippen MR) is 69.0 cm³/mol. The van der Waals surface area contributed by atoms with Crippen LogP contribution < -0.4 is 0 Å². The number of imidazole rings is 1. The lowest BCUT2D eigenvalue weighted by Crippen LogP contribution is -2.49. The molecule has 7 nitrogen and oxygen atoms in total. The van der Waals surface area contributed by atoms with Crippen LogP contribution in [0.25, 0.3) is 0 Å². The number of carboxylic acids is 1. The molecule has 0 aliphatic carbocycles. The van der Waals surface area contributed by atoms with Crippen LogP contribution in [0.4, 0.5) is 0 Å². The van der Waals surface area contributed by atoms with E-state index in [4.69, 9.17) is 0 Å². The Labute approximate surface area is 114 Å². The SMILES string of the molecule is Cn1cccc1C(=O)N1Cc2[nH]cnc2CC1C(=O)O. The van der Waals surface area contributed by atoms with Gasteiger partial charge in [0.15, 0.2) is 0 Å². The van der Waals surface area contributed by atoms with E-state index in [1.165, 1.54) is 11.2 Å². The van der Waals surface area contributed by atoms with E-state index in [0.29, 0.717) is 11.4 Å². The molecule has 1 aliphatic heterocycles. The number of nitrogens with one attached hydrogen (secondary N) is 1. The van der Waals surface area contributed by atoms with Crippen molar-refractivity contribution in [3.05, 3.63) is 41.7 Å². The van der Waals surface area contributed by atoms with Gasteiger partial charge in [-0.05, 0) is 12.1 Å². The molecular weight excluding hydrogens is 260 g/mol. The molecule has 2 aromatic heterocycles. The van der Waals surface area contributed by atoms with Crippen LogP contribution in [0.2, 0.25) is 0 Å². The van der Waals surface area contributed by atoms with Gasteiger partial charge >= 0.3 is 5.97 Å². The number of nitrogens with zero attached hydrogens (tertiary/aromatic N) is 3. The van der Waals surface area contributed by atoms with Gasteiger partial charge < -0.3 is 19.6 Å². The number of aliphatic carboxylic acids is 1. The number of H-pyrrole nitrogens is 1. The van der Waals surface area contributed by atoms with Crippen molar-refractivity contribution in [2.75, 3.05) is 0 Å². The minimum Gasteiger partial charge on any atom is -0.480 e. The van der Waals surface area contributed by atoms with Gasteiger partial charge in [0, 0.05) is 19.7 Å². The average molecular weight is 274 g/mol. The van der Waals surface area contributed by atoms with Gasteiger partial charge in [0.05, 0.1) is 24.3 Å². The Morgan fingerprint density at radius 2 is 2.30 bits per heavy atom. The summed E-state index contributed by atoms with van der Waals surface area (Å²) in [7, 11) is 1.76. The number of carboxylic acid groups (broad SMARTS) is 1. The third kappa shape index (κ3) is 1.87. The maximum absolute atomic E-state index is 12.5. The number of hydrogen-bond acceptors (Lipinski definition) is 3. The predicted octanol–water partition coefficient (Wildman–Crippen LogP) is 0.400. The van der Waals surface area contributed by atoms with Gasteiger partial charge in [-0.1, -0.05) is 0 Å². The number of amides is 1. The van der Waals surface area contributed by atoms with E-state index in [-0.39, 0.29) is 18.9 Å². The molecule has 3 heterocycles. The summed E-state index contributed by atoms with van der Waals surface area (Å²) in [6.07, 6.45) is 3.51. The molecule has 1 unspecified atom stereocenters. The lowest BCUT2D eigenvalue weighted by atomic mass is 10.0. The molecule has 0 spiro atoms. The minimum absolute atomic E-state index is 0.227. The molecule has 1 atom stereocenters. The largest absolute Gasteiger partial charge is 0.480 e. The van der Waals surface area contributed by atoms with E-state index in [2.05, 4.69) is 9.97 Å². The van der Waals surface area contributed by atoms with Crippen molar-refractivity contribution in [1.82, 2.24) is 19.4 Å². The molecular formula is C13H14N4O3. The highest BCUT2D eigenvalue weighted by atomic mass is 16.4. The third-order valence-electron chi connectivity index (χ3n) is 3.61. The highest BCUT2D eigenvalue weighted by Crippen LogP contribution is 2.22. The monoisotopic (exact) mass is 274 g/mol. The Morgan fingerprint density at radius 3 is 2.95 bits per heavy atom. The van der Waals surface area contributed by atoms with Crippen LogP contribution in [0.15, 0.2) is 24.7 Å². The van der Waals surface area contributed by atoms with Crippen LogP contribution in [0, 0.1) is 0 Å². The molecule has 0 bridgehead atoms. The number of aromatic nitrogens is 3. The first kappa shape index (κ1) is 12.5. The van der Waals surface area contributed by atoms with E-state index in [1.807, 2.05) is 0 Å². The summed E-state index contributed by atoms with van der Waals surface area (Å²) in [4.78, 5) is 32.4. The molecule has 104 valence electrons. The first-order valence-electron chi connectivity index (χ1n) is 6.24. The molecule has 7 heteroatoms. The van der Waals surface area contributed by atoms with Crippen LogP contribution in [0.5, 0.6) is 0 Å². The van der Waals surface area contributed by atoms with Gasteiger partial charge in [0.1, 0.15) is 11.7 Å². The van der Waals surface area contributed by atoms with Crippen LogP contribution >= 0.6 is 0 Å². The van der Waals surface area contributed by atoms with Crippen LogP contribution in [0.1, 0.15) is 21.9 Å². The van der Waals surface area contributed by atoms with Gasteiger partial charge in [0.25, 0.3) is 5.91 Å². The van der Waals surface area contributed by atoms with E-state index >= 15 is 0 Å². The van der Waals surface area contributed by atoms with E-state index in [9.17, 15) is 14.7 Å². The number of rotatable bonds is 2. The first-order chi connectivity index (χ1) is 9.58. The van der Waals surface area contributed by atoms with Gasteiger partial charge in [-0.2, -0.15) is 0 Å². The number of hydrogen-bond donors (Lipinski definition) is 2.